The Bertz CT molecular complexity index is 1200. The van der Waals surface area contributed by atoms with Crippen molar-refractivity contribution in [3.8, 4) is 5.75 Å². The summed E-state index contributed by atoms with van der Waals surface area (Å²) in [6, 6.07) is 16.0. The third kappa shape index (κ3) is 6.30. The van der Waals surface area contributed by atoms with Gasteiger partial charge >= 0.3 is 0 Å². The number of nitrogens with zero attached hydrogens (tertiary/aromatic N) is 3. The molecule has 170 valence electrons. The van der Waals surface area contributed by atoms with E-state index < -0.39 is 0 Å². The van der Waals surface area contributed by atoms with Gasteiger partial charge in [0.25, 0.3) is 0 Å². The molecule has 5 nitrogen and oxygen atoms in total. The van der Waals surface area contributed by atoms with Crippen LogP contribution in [0.1, 0.15) is 25.3 Å². The number of benzene rings is 2. The topological polar surface area (TPSA) is 55.3 Å². The SMILES string of the molecule is CCOc1ccc2nc(N(Cc3cccnc3)C(=O)CCCSc3ccc(F)cc3)sc2c1. The summed E-state index contributed by atoms with van der Waals surface area (Å²) in [5, 5.41) is 0.665. The van der Waals surface area contributed by atoms with Gasteiger partial charge in [-0.2, -0.15) is 0 Å². The number of carbonyl (C=O) groups excluding carboxylic acids is 1. The summed E-state index contributed by atoms with van der Waals surface area (Å²) in [5.74, 6) is 1.34. The monoisotopic (exact) mass is 481 g/mol. The number of aromatic nitrogens is 2. The van der Waals surface area contributed by atoms with Gasteiger partial charge in [-0.05, 0) is 73.2 Å². The number of fused-ring (bicyclic) bond motifs is 1. The van der Waals surface area contributed by atoms with Crippen LogP contribution in [0.5, 0.6) is 5.75 Å². The number of hydrogen-bond acceptors (Lipinski definition) is 6. The fourth-order valence-electron chi connectivity index (χ4n) is 3.28. The van der Waals surface area contributed by atoms with E-state index in [2.05, 4.69) is 4.98 Å². The van der Waals surface area contributed by atoms with Gasteiger partial charge in [-0.1, -0.05) is 17.4 Å². The Morgan fingerprint density at radius 3 is 2.79 bits per heavy atom. The van der Waals surface area contributed by atoms with E-state index in [1.54, 1.807) is 41.2 Å². The summed E-state index contributed by atoms with van der Waals surface area (Å²) in [6.45, 7) is 2.96. The smallest absolute Gasteiger partial charge is 0.229 e. The number of anilines is 1. The number of rotatable bonds is 10. The van der Waals surface area contributed by atoms with Gasteiger partial charge in [-0.3, -0.25) is 14.7 Å². The Morgan fingerprint density at radius 2 is 2.03 bits per heavy atom. The molecule has 1 amide bonds. The van der Waals surface area contributed by atoms with E-state index in [9.17, 15) is 9.18 Å². The summed E-state index contributed by atoms with van der Waals surface area (Å²) >= 11 is 3.10. The highest BCUT2D eigenvalue weighted by Gasteiger charge is 2.20. The maximum absolute atomic E-state index is 13.2. The largest absolute Gasteiger partial charge is 0.494 e. The van der Waals surface area contributed by atoms with E-state index >= 15 is 0 Å². The summed E-state index contributed by atoms with van der Waals surface area (Å²) < 4.78 is 19.7. The van der Waals surface area contributed by atoms with E-state index in [4.69, 9.17) is 9.72 Å². The molecule has 0 N–H and O–H groups in total. The summed E-state index contributed by atoms with van der Waals surface area (Å²) in [7, 11) is 0. The quantitative estimate of drug-likeness (QED) is 0.196. The van der Waals surface area contributed by atoms with Crippen LogP contribution in [0.3, 0.4) is 0 Å². The third-order valence-corrected chi connectivity index (χ3v) is 7.01. The Morgan fingerprint density at radius 1 is 1.18 bits per heavy atom. The van der Waals surface area contributed by atoms with Crippen LogP contribution in [0.25, 0.3) is 10.2 Å². The van der Waals surface area contributed by atoms with Gasteiger partial charge in [0.05, 0.1) is 23.4 Å². The van der Waals surface area contributed by atoms with E-state index in [-0.39, 0.29) is 11.7 Å². The van der Waals surface area contributed by atoms with Crippen LogP contribution in [-0.4, -0.2) is 28.2 Å². The minimum absolute atomic E-state index is 0.0163. The number of amides is 1. The minimum Gasteiger partial charge on any atom is -0.494 e. The molecule has 0 saturated heterocycles. The number of pyridine rings is 1. The lowest BCUT2D eigenvalue weighted by Gasteiger charge is -2.20. The van der Waals surface area contributed by atoms with Crippen LogP contribution < -0.4 is 9.64 Å². The average Bonchev–Trinajstić information content (AvgIpc) is 3.25. The molecule has 4 rings (SSSR count). The normalized spacial score (nSPS) is 11.0. The van der Waals surface area contributed by atoms with Gasteiger partial charge in [0.2, 0.25) is 5.91 Å². The zero-order valence-electron chi connectivity index (χ0n) is 18.2. The molecule has 33 heavy (non-hydrogen) atoms. The van der Waals surface area contributed by atoms with Crippen LogP contribution in [0.4, 0.5) is 9.52 Å². The fourth-order valence-corrected chi connectivity index (χ4v) is 5.14. The standard InChI is InChI=1S/C25H24FN3O2S2/c1-2-31-20-9-12-22-23(15-20)33-25(28-22)29(17-18-5-3-13-27-16-18)24(30)6-4-14-32-21-10-7-19(26)8-11-21/h3,5,7-13,15-16H,2,4,6,14,17H2,1H3. The first-order chi connectivity index (χ1) is 16.1. The van der Waals surface area contributed by atoms with Crippen LogP contribution in [0.15, 0.2) is 71.9 Å². The van der Waals surface area contributed by atoms with Crippen molar-refractivity contribution in [2.75, 3.05) is 17.3 Å². The lowest BCUT2D eigenvalue weighted by Crippen LogP contribution is -2.30. The molecule has 2 aromatic heterocycles. The second-order valence-corrected chi connectivity index (χ2v) is 9.48. The molecule has 2 aromatic carbocycles. The molecule has 0 saturated carbocycles. The van der Waals surface area contributed by atoms with Crippen LogP contribution in [0, 0.1) is 5.82 Å². The Kier molecular flexibility index (Phi) is 7.91. The maximum Gasteiger partial charge on any atom is 0.229 e. The zero-order valence-corrected chi connectivity index (χ0v) is 19.9. The fraction of sp³-hybridized carbons (Fsp3) is 0.240. The van der Waals surface area contributed by atoms with Gasteiger partial charge in [-0.25, -0.2) is 9.37 Å². The van der Waals surface area contributed by atoms with Gasteiger partial charge in [0.1, 0.15) is 11.6 Å². The maximum atomic E-state index is 13.2. The Labute approximate surface area is 200 Å². The summed E-state index contributed by atoms with van der Waals surface area (Å²) in [6.07, 6.45) is 4.60. The highest BCUT2D eigenvalue weighted by Crippen LogP contribution is 2.33. The van der Waals surface area contributed by atoms with Crippen molar-refractivity contribution >= 4 is 44.4 Å². The lowest BCUT2D eigenvalue weighted by atomic mass is 10.2. The second-order valence-electron chi connectivity index (χ2n) is 7.31. The van der Waals surface area contributed by atoms with Crippen molar-refractivity contribution in [2.24, 2.45) is 0 Å². The van der Waals surface area contributed by atoms with Crippen molar-refractivity contribution in [1.82, 2.24) is 9.97 Å². The highest BCUT2D eigenvalue weighted by molar-refractivity contribution is 7.99. The number of hydrogen-bond donors (Lipinski definition) is 0. The van der Waals surface area contributed by atoms with Gasteiger partial charge in [-0.15, -0.1) is 11.8 Å². The average molecular weight is 482 g/mol. The molecule has 0 bridgehead atoms. The van der Waals surface area contributed by atoms with Crippen molar-refractivity contribution in [2.45, 2.75) is 31.2 Å². The predicted molar refractivity (Wildman–Crippen MR) is 133 cm³/mol. The lowest BCUT2D eigenvalue weighted by molar-refractivity contribution is -0.118. The molecule has 8 heteroatoms. The Hall–Kier alpha value is -2.97. The summed E-state index contributed by atoms with van der Waals surface area (Å²) in [4.78, 5) is 24.9. The van der Waals surface area contributed by atoms with Gasteiger partial charge < -0.3 is 4.74 Å². The first-order valence-corrected chi connectivity index (χ1v) is 12.5. The Balaban J connectivity index is 1.47. The van der Waals surface area contributed by atoms with Crippen molar-refractivity contribution in [1.29, 1.82) is 0 Å². The number of halogens is 1. The summed E-state index contributed by atoms with van der Waals surface area (Å²) in [5.41, 5.74) is 1.79. The zero-order chi connectivity index (χ0) is 23.0. The van der Waals surface area contributed by atoms with Gasteiger partial charge in [0.15, 0.2) is 5.13 Å². The first-order valence-electron chi connectivity index (χ1n) is 10.7. The third-order valence-electron chi connectivity index (χ3n) is 4.87. The molecular weight excluding hydrogens is 457 g/mol. The molecule has 0 spiro atoms. The van der Waals surface area contributed by atoms with Gasteiger partial charge in [0, 0.05) is 23.7 Å². The highest BCUT2D eigenvalue weighted by atomic mass is 32.2. The molecule has 4 aromatic rings. The molecule has 0 aliphatic carbocycles. The van der Waals surface area contributed by atoms with Crippen LogP contribution in [0.2, 0.25) is 0 Å². The molecule has 0 radical (unpaired) electrons. The number of ether oxygens (including phenoxy) is 1. The molecule has 0 atom stereocenters. The molecule has 0 aliphatic rings. The number of carbonyl (C=O) groups is 1. The molecule has 0 unspecified atom stereocenters. The van der Waals surface area contributed by atoms with Crippen molar-refractivity contribution in [3.63, 3.8) is 0 Å². The van der Waals surface area contributed by atoms with Crippen molar-refractivity contribution in [3.05, 3.63) is 78.4 Å². The second kappa shape index (κ2) is 11.2. The predicted octanol–water partition coefficient (Wildman–Crippen LogP) is 6.33. The van der Waals surface area contributed by atoms with Crippen molar-refractivity contribution < 1.29 is 13.9 Å². The van der Waals surface area contributed by atoms with E-state index in [1.165, 1.54) is 23.5 Å². The minimum atomic E-state index is -0.246. The van der Waals surface area contributed by atoms with Crippen LogP contribution in [-0.2, 0) is 11.3 Å². The number of thioether (sulfide) groups is 1. The van der Waals surface area contributed by atoms with E-state index in [1.807, 2.05) is 37.3 Å². The van der Waals surface area contributed by atoms with Crippen LogP contribution >= 0.6 is 23.1 Å². The molecule has 0 fully saturated rings. The first kappa shape index (κ1) is 23.2. The van der Waals surface area contributed by atoms with E-state index in [0.29, 0.717) is 31.1 Å². The number of thiazole rings is 1. The molecule has 0 aliphatic heterocycles. The molecular formula is C25H24FN3O2S2. The molecule has 2 heterocycles. The van der Waals surface area contributed by atoms with E-state index in [0.717, 1.165) is 32.2 Å².